The zero-order valence-electron chi connectivity index (χ0n) is 8.50. The van der Waals surface area contributed by atoms with Gasteiger partial charge in [-0.3, -0.25) is 0 Å². The maximum Gasteiger partial charge on any atom is 0.357 e. The summed E-state index contributed by atoms with van der Waals surface area (Å²) in [5.74, 6) is -1.12. The number of hydrogen-bond donors (Lipinski definition) is 2. The lowest BCUT2D eigenvalue weighted by atomic mass is 10.3. The van der Waals surface area contributed by atoms with Crippen molar-refractivity contribution in [3.8, 4) is 0 Å². The summed E-state index contributed by atoms with van der Waals surface area (Å²) >= 11 is 0. The molecule has 0 saturated carbocycles. The van der Waals surface area contributed by atoms with Crippen LogP contribution in [0, 0.1) is 0 Å². The van der Waals surface area contributed by atoms with Crippen molar-refractivity contribution in [2.24, 2.45) is 0 Å². The third kappa shape index (κ3) is 2.15. The zero-order chi connectivity index (χ0) is 11.5. The van der Waals surface area contributed by atoms with Crippen molar-refractivity contribution in [2.75, 3.05) is 31.2 Å². The van der Waals surface area contributed by atoms with Crippen molar-refractivity contribution < 1.29 is 24.2 Å². The van der Waals surface area contributed by atoms with E-state index < -0.39 is 5.97 Å². The van der Waals surface area contributed by atoms with Gasteiger partial charge < -0.3 is 24.3 Å². The number of hydrogen-bond acceptors (Lipinski definition) is 6. The van der Waals surface area contributed by atoms with Gasteiger partial charge in [0.2, 0.25) is 0 Å². The van der Waals surface area contributed by atoms with Crippen LogP contribution in [0.3, 0.4) is 0 Å². The molecule has 2 heterocycles. The summed E-state index contributed by atoms with van der Waals surface area (Å²) in [6.07, 6.45) is 0.815. The highest BCUT2D eigenvalue weighted by Crippen LogP contribution is 2.16. The summed E-state index contributed by atoms with van der Waals surface area (Å²) in [4.78, 5) is 16.2. The first-order valence-electron chi connectivity index (χ1n) is 4.87. The third-order valence-corrected chi connectivity index (χ3v) is 2.32. The maximum absolute atomic E-state index is 10.6. The number of carboxylic acids is 1. The van der Waals surface area contributed by atoms with Crippen molar-refractivity contribution in [2.45, 2.75) is 6.10 Å². The van der Waals surface area contributed by atoms with Crippen molar-refractivity contribution in [3.05, 3.63) is 12.0 Å². The van der Waals surface area contributed by atoms with Crippen LogP contribution in [0.2, 0.25) is 0 Å². The lowest BCUT2D eigenvalue weighted by Crippen LogP contribution is -2.44. The molecule has 1 aromatic rings. The minimum absolute atomic E-state index is 0.0804. The number of rotatable bonds is 3. The van der Waals surface area contributed by atoms with E-state index in [1.807, 2.05) is 0 Å². The van der Waals surface area contributed by atoms with Gasteiger partial charge in [0.25, 0.3) is 6.01 Å². The molecule has 2 N–H and O–H groups in total. The van der Waals surface area contributed by atoms with E-state index in [0.717, 1.165) is 6.26 Å². The third-order valence-electron chi connectivity index (χ3n) is 2.32. The molecule has 1 aliphatic heterocycles. The van der Waals surface area contributed by atoms with E-state index in [1.165, 1.54) is 0 Å². The van der Waals surface area contributed by atoms with Crippen LogP contribution in [0.25, 0.3) is 0 Å². The predicted octanol–water partition coefficient (Wildman–Crippen LogP) is -0.430. The maximum atomic E-state index is 10.6. The fraction of sp³-hybridized carbons (Fsp3) is 0.556. The Hall–Kier alpha value is -1.60. The molecule has 7 heteroatoms. The molecule has 0 radical (unpaired) electrons. The zero-order valence-corrected chi connectivity index (χ0v) is 8.50. The van der Waals surface area contributed by atoms with E-state index in [-0.39, 0.29) is 24.4 Å². The van der Waals surface area contributed by atoms with Crippen LogP contribution < -0.4 is 4.90 Å². The van der Waals surface area contributed by atoms with Crippen molar-refractivity contribution >= 4 is 12.0 Å². The van der Waals surface area contributed by atoms with Gasteiger partial charge in [-0.05, 0) is 0 Å². The molecule has 0 amide bonds. The van der Waals surface area contributed by atoms with Gasteiger partial charge >= 0.3 is 5.97 Å². The molecule has 1 fully saturated rings. The van der Waals surface area contributed by atoms with E-state index in [2.05, 4.69) is 4.98 Å². The van der Waals surface area contributed by atoms with Crippen molar-refractivity contribution in [1.29, 1.82) is 0 Å². The van der Waals surface area contributed by atoms with E-state index in [4.69, 9.17) is 19.4 Å². The van der Waals surface area contributed by atoms with Gasteiger partial charge in [0.15, 0.2) is 5.69 Å². The van der Waals surface area contributed by atoms with Gasteiger partial charge in [-0.2, -0.15) is 4.98 Å². The van der Waals surface area contributed by atoms with E-state index >= 15 is 0 Å². The number of anilines is 1. The first kappa shape index (κ1) is 10.9. The van der Waals surface area contributed by atoms with Gasteiger partial charge in [-0.15, -0.1) is 0 Å². The molecule has 88 valence electrons. The van der Waals surface area contributed by atoms with Crippen LogP contribution >= 0.6 is 0 Å². The highest BCUT2D eigenvalue weighted by molar-refractivity contribution is 5.85. The first-order chi connectivity index (χ1) is 7.70. The van der Waals surface area contributed by atoms with Crippen molar-refractivity contribution in [1.82, 2.24) is 4.98 Å². The fourth-order valence-electron chi connectivity index (χ4n) is 1.51. The summed E-state index contributed by atoms with van der Waals surface area (Å²) in [6.45, 7) is 1.38. The minimum Gasteiger partial charge on any atom is -0.476 e. The minimum atomic E-state index is -1.12. The van der Waals surface area contributed by atoms with Gasteiger partial charge in [-0.25, -0.2) is 4.79 Å². The SMILES string of the molecule is O=C(O)c1coc(N2CCOC(CO)C2)n1. The average Bonchev–Trinajstić information content (AvgIpc) is 2.78. The predicted molar refractivity (Wildman–Crippen MR) is 52.5 cm³/mol. The topological polar surface area (TPSA) is 96.0 Å². The Bertz CT molecular complexity index is 378. The number of ether oxygens (including phenoxy) is 1. The van der Waals surface area contributed by atoms with Crippen LogP contribution in [0.5, 0.6) is 0 Å². The summed E-state index contributed by atoms with van der Waals surface area (Å²) < 4.78 is 10.3. The molecule has 1 aliphatic rings. The summed E-state index contributed by atoms with van der Waals surface area (Å²) in [5, 5.41) is 17.6. The van der Waals surface area contributed by atoms with Crippen LogP contribution in [-0.2, 0) is 4.74 Å². The highest BCUT2D eigenvalue weighted by Gasteiger charge is 2.24. The summed E-state index contributed by atoms with van der Waals surface area (Å²) in [7, 11) is 0. The van der Waals surface area contributed by atoms with Crippen LogP contribution in [-0.4, -0.2) is 53.6 Å². The van der Waals surface area contributed by atoms with Crippen LogP contribution in [0.4, 0.5) is 6.01 Å². The first-order valence-corrected chi connectivity index (χ1v) is 4.87. The Balaban J connectivity index is 2.08. The Kier molecular flexibility index (Phi) is 3.07. The smallest absolute Gasteiger partial charge is 0.357 e. The Morgan fingerprint density at radius 2 is 2.50 bits per heavy atom. The number of carbonyl (C=O) groups is 1. The lowest BCUT2D eigenvalue weighted by molar-refractivity contribution is 0.00229. The second kappa shape index (κ2) is 4.50. The number of aromatic carboxylic acids is 1. The molecule has 1 unspecified atom stereocenters. The normalized spacial score (nSPS) is 21.1. The Morgan fingerprint density at radius 1 is 1.69 bits per heavy atom. The highest BCUT2D eigenvalue weighted by atomic mass is 16.5. The van der Waals surface area contributed by atoms with Gasteiger partial charge in [0, 0.05) is 6.54 Å². The number of carboxylic acid groups (broad SMARTS) is 1. The molecule has 1 aromatic heterocycles. The molecule has 0 aromatic carbocycles. The Morgan fingerprint density at radius 3 is 3.12 bits per heavy atom. The molecule has 16 heavy (non-hydrogen) atoms. The number of nitrogens with zero attached hydrogens (tertiary/aromatic N) is 2. The molecular formula is C9H12N2O5. The molecule has 7 nitrogen and oxygen atoms in total. The average molecular weight is 228 g/mol. The van der Waals surface area contributed by atoms with Gasteiger partial charge in [-0.1, -0.05) is 0 Å². The number of aliphatic hydroxyl groups excluding tert-OH is 1. The van der Waals surface area contributed by atoms with Crippen molar-refractivity contribution in [3.63, 3.8) is 0 Å². The number of oxazole rings is 1. The lowest BCUT2D eigenvalue weighted by Gasteiger charge is -2.30. The van der Waals surface area contributed by atoms with E-state index in [1.54, 1.807) is 4.90 Å². The monoisotopic (exact) mass is 228 g/mol. The quantitative estimate of drug-likeness (QED) is 0.724. The van der Waals surface area contributed by atoms with Crippen LogP contribution in [0.15, 0.2) is 10.7 Å². The Labute approximate surface area is 91.3 Å². The van der Waals surface area contributed by atoms with E-state index in [9.17, 15) is 4.79 Å². The molecule has 2 rings (SSSR count). The standard InChI is InChI=1S/C9H12N2O5/c12-4-6-3-11(1-2-15-6)9-10-7(5-16-9)8(13)14/h5-6,12H,1-4H2,(H,13,14). The molecule has 0 bridgehead atoms. The number of aromatic nitrogens is 1. The molecule has 1 saturated heterocycles. The number of morpholine rings is 1. The van der Waals surface area contributed by atoms with E-state index in [0.29, 0.717) is 19.7 Å². The molecule has 0 aliphatic carbocycles. The molecule has 1 atom stereocenters. The van der Waals surface area contributed by atoms with Gasteiger partial charge in [0.05, 0.1) is 25.9 Å². The fourth-order valence-corrected chi connectivity index (χ4v) is 1.51. The second-order valence-electron chi connectivity index (χ2n) is 3.44. The number of aliphatic hydroxyl groups is 1. The second-order valence-corrected chi connectivity index (χ2v) is 3.44. The largest absolute Gasteiger partial charge is 0.476 e. The molecule has 0 spiro atoms. The van der Waals surface area contributed by atoms with Crippen LogP contribution in [0.1, 0.15) is 10.5 Å². The summed E-state index contributed by atoms with van der Waals surface area (Å²) in [6, 6.07) is 0.249. The van der Waals surface area contributed by atoms with Gasteiger partial charge in [0.1, 0.15) is 6.26 Å². The molecular weight excluding hydrogens is 216 g/mol. The summed E-state index contributed by atoms with van der Waals surface area (Å²) in [5.41, 5.74) is -0.123.